The van der Waals surface area contributed by atoms with Crippen molar-refractivity contribution in [3.63, 3.8) is 0 Å². The van der Waals surface area contributed by atoms with Crippen molar-refractivity contribution in [3.05, 3.63) is 48.3 Å². The molecule has 0 aliphatic carbocycles. The minimum absolute atomic E-state index is 0.208. The molecule has 19 heavy (non-hydrogen) atoms. The number of nitrogens with zero attached hydrogens (tertiary/aromatic N) is 3. The van der Waals surface area contributed by atoms with E-state index in [1.165, 1.54) is 18.5 Å². The zero-order valence-corrected chi connectivity index (χ0v) is 11.5. The molecule has 0 saturated carbocycles. The van der Waals surface area contributed by atoms with Gasteiger partial charge in [-0.15, -0.1) is 0 Å². The van der Waals surface area contributed by atoms with Gasteiger partial charge >= 0.3 is 0 Å². The van der Waals surface area contributed by atoms with E-state index >= 15 is 0 Å². The molecule has 2 aromatic rings. The Kier molecular flexibility index (Phi) is 4.11. The van der Waals surface area contributed by atoms with Crippen LogP contribution in [0, 0.1) is 5.82 Å². The van der Waals surface area contributed by atoms with E-state index in [9.17, 15) is 9.50 Å². The van der Waals surface area contributed by atoms with Crippen LogP contribution < -0.4 is 0 Å². The SMILES string of the molecule is C=S(C)CC(O)(Cn1cncn1)c1ccc(F)cc1. The summed E-state index contributed by atoms with van der Waals surface area (Å²) in [6.45, 7) is 0.269. The molecule has 0 saturated heterocycles. The van der Waals surface area contributed by atoms with Crippen LogP contribution in [0.3, 0.4) is 0 Å². The molecule has 4 nitrogen and oxygen atoms in total. The predicted octanol–water partition coefficient (Wildman–Crippen LogP) is 1.64. The lowest BCUT2D eigenvalue weighted by Gasteiger charge is -2.29. The number of benzene rings is 1. The molecule has 2 rings (SSSR count). The maximum Gasteiger partial charge on any atom is 0.137 e. The zero-order chi connectivity index (χ0) is 13.9. The Labute approximate surface area is 113 Å². The highest BCUT2D eigenvalue weighted by molar-refractivity contribution is 8.13. The topological polar surface area (TPSA) is 50.9 Å². The smallest absolute Gasteiger partial charge is 0.137 e. The second-order valence-corrected chi connectivity index (χ2v) is 6.41. The van der Waals surface area contributed by atoms with Crippen LogP contribution in [-0.4, -0.2) is 37.8 Å². The molecule has 2 atom stereocenters. The summed E-state index contributed by atoms with van der Waals surface area (Å²) in [6.07, 6.45) is 4.92. The van der Waals surface area contributed by atoms with Crippen LogP contribution in [0.25, 0.3) is 0 Å². The zero-order valence-electron chi connectivity index (χ0n) is 10.7. The van der Waals surface area contributed by atoms with Gasteiger partial charge in [0.05, 0.1) is 6.54 Å². The first-order valence-electron chi connectivity index (χ1n) is 5.73. The van der Waals surface area contributed by atoms with Crippen molar-refractivity contribution < 1.29 is 9.50 Å². The van der Waals surface area contributed by atoms with Gasteiger partial charge in [-0.05, 0) is 24.0 Å². The maximum atomic E-state index is 13.0. The fourth-order valence-electron chi connectivity index (χ4n) is 1.97. The summed E-state index contributed by atoms with van der Waals surface area (Å²) in [5.74, 6) is 4.11. The van der Waals surface area contributed by atoms with E-state index in [1.807, 2.05) is 6.26 Å². The maximum absolute atomic E-state index is 13.0. The van der Waals surface area contributed by atoms with Crippen LogP contribution in [0.1, 0.15) is 5.56 Å². The Morgan fingerprint density at radius 2 is 2.11 bits per heavy atom. The molecule has 0 bridgehead atoms. The Morgan fingerprint density at radius 3 is 2.63 bits per heavy atom. The van der Waals surface area contributed by atoms with Gasteiger partial charge in [0.2, 0.25) is 0 Å². The van der Waals surface area contributed by atoms with Gasteiger partial charge in [-0.25, -0.2) is 14.1 Å². The van der Waals surface area contributed by atoms with E-state index in [0.29, 0.717) is 11.3 Å². The number of hydrogen-bond donors (Lipinski definition) is 1. The van der Waals surface area contributed by atoms with Gasteiger partial charge in [-0.3, -0.25) is 0 Å². The van der Waals surface area contributed by atoms with Crippen molar-refractivity contribution in [2.45, 2.75) is 12.1 Å². The second-order valence-electron chi connectivity index (χ2n) is 4.56. The van der Waals surface area contributed by atoms with Crippen molar-refractivity contribution >= 4 is 16.4 Å². The van der Waals surface area contributed by atoms with Gasteiger partial charge in [0.25, 0.3) is 0 Å². The molecule has 6 heteroatoms. The first-order valence-corrected chi connectivity index (χ1v) is 7.70. The summed E-state index contributed by atoms with van der Waals surface area (Å²) in [7, 11) is -0.208. The first-order chi connectivity index (χ1) is 8.99. The van der Waals surface area contributed by atoms with Gasteiger partial charge in [-0.2, -0.15) is 15.6 Å². The highest BCUT2D eigenvalue weighted by Crippen LogP contribution is 2.28. The third-order valence-corrected chi connectivity index (χ3v) is 3.73. The van der Waals surface area contributed by atoms with Gasteiger partial charge < -0.3 is 5.11 Å². The molecule has 0 aliphatic rings. The molecule has 1 heterocycles. The lowest BCUT2D eigenvalue weighted by atomic mass is 9.96. The summed E-state index contributed by atoms with van der Waals surface area (Å²) in [5, 5.41) is 14.9. The molecule has 1 aromatic carbocycles. The Morgan fingerprint density at radius 1 is 1.42 bits per heavy atom. The van der Waals surface area contributed by atoms with Crippen LogP contribution in [0.4, 0.5) is 4.39 Å². The molecular formula is C13H16FN3OS. The van der Waals surface area contributed by atoms with Gasteiger partial charge in [0.1, 0.15) is 24.1 Å². The molecule has 2 unspecified atom stereocenters. The highest BCUT2D eigenvalue weighted by atomic mass is 32.2. The first kappa shape index (κ1) is 13.9. The lowest BCUT2D eigenvalue weighted by Crippen LogP contribution is -2.35. The largest absolute Gasteiger partial charge is 0.382 e. The summed E-state index contributed by atoms with van der Waals surface area (Å²) in [6, 6.07) is 5.88. The molecule has 1 N–H and O–H groups in total. The van der Waals surface area contributed by atoms with E-state index in [2.05, 4.69) is 16.0 Å². The molecule has 1 aromatic heterocycles. The molecule has 102 valence electrons. The fourth-order valence-corrected chi connectivity index (χ4v) is 3.04. The summed E-state index contributed by atoms with van der Waals surface area (Å²) in [5.41, 5.74) is -0.464. The third kappa shape index (κ3) is 3.48. The average molecular weight is 281 g/mol. The van der Waals surface area contributed by atoms with Crippen LogP contribution in [0.5, 0.6) is 0 Å². The predicted molar refractivity (Wildman–Crippen MR) is 75.8 cm³/mol. The van der Waals surface area contributed by atoms with E-state index in [1.54, 1.807) is 23.1 Å². The molecule has 0 aliphatic heterocycles. The van der Waals surface area contributed by atoms with E-state index in [4.69, 9.17) is 0 Å². The molecule has 0 radical (unpaired) electrons. The molecule has 0 fully saturated rings. The van der Waals surface area contributed by atoms with Crippen LogP contribution >= 0.6 is 10.5 Å². The normalized spacial score (nSPS) is 15.9. The number of rotatable bonds is 5. The average Bonchev–Trinajstić information content (AvgIpc) is 2.81. The number of hydrogen-bond acceptors (Lipinski definition) is 3. The molecule has 0 spiro atoms. The van der Waals surface area contributed by atoms with Crippen LogP contribution in [0.15, 0.2) is 36.9 Å². The second kappa shape index (κ2) is 5.63. The van der Waals surface area contributed by atoms with Crippen molar-refractivity contribution in [1.82, 2.24) is 14.8 Å². The van der Waals surface area contributed by atoms with Gasteiger partial charge in [0, 0.05) is 5.75 Å². The summed E-state index contributed by atoms with van der Waals surface area (Å²) >= 11 is 0. The van der Waals surface area contributed by atoms with Crippen molar-refractivity contribution in [2.75, 3.05) is 12.0 Å². The van der Waals surface area contributed by atoms with Crippen LogP contribution in [0.2, 0.25) is 0 Å². The van der Waals surface area contributed by atoms with Crippen LogP contribution in [-0.2, 0) is 12.1 Å². The minimum Gasteiger partial charge on any atom is -0.382 e. The number of halogens is 1. The summed E-state index contributed by atoms with van der Waals surface area (Å²) < 4.78 is 14.6. The van der Waals surface area contributed by atoms with E-state index in [0.717, 1.165) is 0 Å². The third-order valence-electron chi connectivity index (χ3n) is 2.76. The van der Waals surface area contributed by atoms with Crippen molar-refractivity contribution in [2.24, 2.45) is 0 Å². The van der Waals surface area contributed by atoms with Crippen molar-refractivity contribution in [1.29, 1.82) is 0 Å². The Balaban J connectivity index is 2.33. The molecular weight excluding hydrogens is 265 g/mol. The number of aromatic nitrogens is 3. The van der Waals surface area contributed by atoms with E-state index < -0.39 is 5.60 Å². The monoisotopic (exact) mass is 281 g/mol. The van der Waals surface area contributed by atoms with Gasteiger partial charge in [-0.1, -0.05) is 18.0 Å². The highest BCUT2D eigenvalue weighted by Gasteiger charge is 2.30. The van der Waals surface area contributed by atoms with Gasteiger partial charge in [0.15, 0.2) is 0 Å². The standard InChI is InChI=1S/C13H16FN3OS/c1-19(2)8-13(18,7-17-10-15-9-16-17)11-3-5-12(14)6-4-11/h3-6,9-10,18H,1,7-8H2,2H3. The van der Waals surface area contributed by atoms with Crippen molar-refractivity contribution in [3.8, 4) is 0 Å². The quantitative estimate of drug-likeness (QED) is 0.848. The molecule has 0 amide bonds. The fraction of sp³-hybridized carbons (Fsp3) is 0.308. The van der Waals surface area contributed by atoms with E-state index in [-0.39, 0.29) is 22.8 Å². The Bertz CT molecular complexity index is 556. The minimum atomic E-state index is -1.12. The Hall–Kier alpha value is -1.53. The summed E-state index contributed by atoms with van der Waals surface area (Å²) in [4.78, 5) is 3.86. The lowest BCUT2D eigenvalue weighted by molar-refractivity contribution is 0.0396. The number of aliphatic hydroxyl groups is 1.